The lowest BCUT2D eigenvalue weighted by molar-refractivity contribution is 0.476. The molecule has 0 saturated carbocycles. The van der Waals surface area contributed by atoms with Crippen LogP contribution in [0.1, 0.15) is 46.0 Å². The molecule has 0 aliphatic heterocycles. The zero-order valence-corrected chi connectivity index (χ0v) is 7.02. The van der Waals surface area contributed by atoms with E-state index in [1.54, 1.807) is 0 Å². The van der Waals surface area contributed by atoms with Crippen LogP contribution in [0.3, 0.4) is 0 Å². The summed E-state index contributed by atoms with van der Waals surface area (Å²) in [6.45, 7) is 4.25. The van der Waals surface area contributed by atoms with Crippen molar-refractivity contribution in [3.8, 4) is 0 Å². The lowest BCUT2D eigenvalue weighted by Gasteiger charge is -2.04. The zero-order chi connectivity index (χ0) is 7.82. The van der Waals surface area contributed by atoms with Gasteiger partial charge in [0.1, 0.15) is 0 Å². The van der Waals surface area contributed by atoms with Gasteiger partial charge in [-0.3, -0.25) is 4.79 Å². The van der Waals surface area contributed by atoms with Crippen LogP contribution in [0, 0.1) is 5.92 Å². The first-order valence-electron chi connectivity index (χ1n) is 4.22. The van der Waals surface area contributed by atoms with Crippen molar-refractivity contribution < 1.29 is 4.79 Å². The van der Waals surface area contributed by atoms with Gasteiger partial charge < -0.3 is 0 Å². The Morgan fingerprint density at radius 3 is 2.30 bits per heavy atom. The summed E-state index contributed by atoms with van der Waals surface area (Å²) >= 11 is 0. The van der Waals surface area contributed by atoms with Gasteiger partial charge in [-0.25, -0.2) is 0 Å². The molecule has 0 aromatic rings. The predicted octanol–water partition coefficient (Wildman–Crippen LogP) is 2.70. The van der Waals surface area contributed by atoms with Crippen LogP contribution in [0.4, 0.5) is 0 Å². The average molecular weight is 141 g/mol. The van der Waals surface area contributed by atoms with Crippen LogP contribution in [0.2, 0.25) is 0 Å². The van der Waals surface area contributed by atoms with Gasteiger partial charge in [0.05, 0.1) is 0 Å². The van der Waals surface area contributed by atoms with E-state index >= 15 is 0 Å². The third-order valence-electron chi connectivity index (χ3n) is 1.71. The van der Waals surface area contributed by atoms with Crippen LogP contribution in [-0.4, -0.2) is 6.29 Å². The molecule has 0 aromatic heterocycles. The van der Waals surface area contributed by atoms with Gasteiger partial charge in [0.15, 0.2) is 0 Å². The minimum absolute atomic E-state index is 0.213. The Labute approximate surface area is 63.8 Å². The highest BCUT2D eigenvalue weighted by Crippen LogP contribution is 2.11. The molecule has 0 saturated heterocycles. The summed E-state index contributed by atoms with van der Waals surface area (Å²) in [7, 11) is 0. The molecule has 59 valence electrons. The molecule has 1 radical (unpaired) electrons. The molecule has 0 rings (SSSR count). The van der Waals surface area contributed by atoms with E-state index in [1.165, 1.54) is 12.8 Å². The fourth-order valence-electron chi connectivity index (χ4n) is 1.06. The van der Waals surface area contributed by atoms with Crippen molar-refractivity contribution in [2.75, 3.05) is 0 Å². The molecule has 0 aromatic carbocycles. The number of hydrogen-bond donors (Lipinski definition) is 0. The van der Waals surface area contributed by atoms with Crippen LogP contribution in [0.15, 0.2) is 0 Å². The molecule has 0 N–H and O–H groups in total. The third kappa shape index (κ3) is 4.54. The summed E-state index contributed by atoms with van der Waals surface area (Å²) in [5, 5.41) is 0. The minimum Gasteiger partial charge on any atom is -0.291 e. The predicted molar refractivity (Wildman–Crippen MR) is 43.6 cm³/mol. The largest absolute Gasteiger partial charge is 0.291 e. The number of carbonyl (C=O) groups excluding carboxylic acids is 1. The molecule has 0 aliphatic carbocycles. The van der Waals surface area contributed by atoms with Gasteiger partial charge in [-0.2, -0.15) is 0 Å². The Bertz CT molecular complexity index is 78.8. The molecule has 0 fully saturated rings. The lowest BCUT2D eigenvalue weighted by Crippen LogP contribution is -2.00. The normalized spacial score (nSPS) is 13.0. The third-order valence-corrected chi connectivity index (χ3v) is 1.71. The molecule has 0 heterocycles. The van der Waals surface area contributed by atoms with Gasteiger partial charge in [-0.1, -0.05) is 33.1 Å². The van der Waals surface area contributed by atoms with E-state index in [0.717, 1.165) is 19.3 Å². The average Bonchev–Trinajstić information content (AvgIpc) is 1.98. The maximum absolute atomic E-state index is 10.3. The maximum atomic E-state index is 10.3. The van der Waals surface area contributed by atoms with E-state index < -0.39 is 0 Å². The summed E-state index contributed by atoms with van der Waals surface area (Å²) in [4.78, 5) is 10.3. The van der Waals surface area contributed by atoms with Gasteiger partial charge in [0, 0.05) is 5.92 Å². The first kappa shape index (κ1) is 9.67. The Morgan fingerprint density at radius 2 is 1.90 bits per heavy atom. The second-order valence-corrected chi connectivity index (χ2v) is 2.75. The van der Waals surface area contributed by atoms with Crippen molar-refractivity contribution in [3.05, 3.63) is 0 Å². The highest BCUT2D eigenvalue weighted by Gasteiger charge is 2.04. The highest BCUT2D eigenvalue weighted by molar-refractivity contribution is 5.54. The second-order valence-electron chi connectivity index (χ2n) is 2.75. The van der Waals surface area contributed by atoms with E-state index in [0.29, 0.717) is 0 Å². The minimum atomic E-state index is 0.213. The van der Waals surface area contributed by atoms with Crippen molar-refractivity contribution in [2.45, 2.75) is 46.0 Å². The van der Waals surface area contributed by atoms with Crippen molar-refractivity contribution in [3.63, 3.8) is 0 Å². The van der Waals surface area contributed by atoms with E-state index in [-0.39, 0.29) is 5.92 Å². The maximum Gasteiger partial charge on any atom is 0.201 e. The molecular weight excluding hydrogens is 124 g/mol. The van der Waals surface area contributed by atoms with Gasteiger partial charge in [0.2, 0.25) is 6.29 Å². The van der Waals surface area contributed by atoms with Crippen LogP contribution in [0.25, 0.3) is 0 Å². The Kier molecular flexibility index (Phi) is 6.56. The molecule has 0 aliphatic rings. The first-order chi connectivity index (χ1) is 4.85. The molecule has 0 amide bonds. The number of unbranched alkanes of at least 4 members (excludes halogenated alkanes) is 1. The fraction of sp³-hybridized carbons (Fsp3) is 0.889. The molecule has 1 heteroatoms. The first-order valence-corrected chi connectivity index (χ1v) is 4.22. The quantitative estimate of drug-likeness (QED) is 0.556. The monoisotopic (exact) mass is 141 g/mol. The summed E-state index contributed by atoms with van der Waals surface area (Å²) < 4.78 is 0. The van der Waals surface area contributed by atoms with E-state index in [1.807, 2.05) is 0 Å². The van der Waals surface area contributed by atoms with Crippen LogP contribution in [0.5, 0.6) is 0 Å². The van der Waals surface area contributed by atoms with Crippen molar-refractivity contribution in [1.82, 2.24) is 0 Å². The molecule has 0 bridgehead atoms. The summed E-state index contributed by atoms with van der Waals surface area (Å²) in [5.41, 5.74) is 0. The molecule has 1 nitrogen and oxygen atoms in total. The van der Waals surface area contributed by atoms with Crippen molar-refractivity contribution >= 4 is 6.29 Å². The molecule has 0 spiro atoms. The molecule has 1 atom stereocenters. The number of rotatable bonds is 6. The van der Waals surface area contributed by atoms with E-state index in [4.69, 9.17) is 0 Å². The fourth-order valence-corrected chi connectivity index (χ4v) is 1.06. The molecule has 10 heavy (non-hydrogen) atoms. The highest BCUT2D eigenvalue weighted by atomic mass is 16.1. The van der Waals surface area contributed by atoms with E-state index in [2.05, 4.69) is 20.1 Å². The standard InChI is InChI=1S/C9H17O/c1-3-5-7-9(8-10)6-4-2/h9H,3-7H2,1-2H3. The Morgan fingerprint density at radius 1 is 1.20 bits per heavy atom. The lowest BCUT2D eigenvalue weighted by atomic mass is 9.99. The topological polar surface area (TPSA) is 17.1 Å². The molecular formula is C9H17O. The smallest absolute Gasteiger partial charge is 0.201 e. The van der Waals surface area contributed by atoms with Crippen LogP contribution >= 0.6 is 0 Å². The van der Waals surface area contributed by atoms with Gasteiger partial charge >= 0.3 is 0 Å². The summed E-state index contributed by atoms with van der Waals surface area (Å²) in [5.74, 6) is 0.213. The Balaban J connectivity index is 3.29. The second kappa shape index (κ2) is 6.79. The molecule has 1 unspecified atom stereocenters. The zero-order valence-electron chi connectivity index (χ0n) is 7.02. The van der Waals surface area contributed by atoms with Gasteiger partial charge in [-0.15, -0.1) is 0 Å². The summed E-state index contributed by atoms with van der Waals surface area (Å²) in [6.07, 6.45) is 7.59. The van der Waals surface area contributed by atoms with Crippen LogP contribution in [-0.2, 0) is 4.79 Å². The van der Waals surface area contributed by atoms with Gasteiger partial charge in [-0.05, 0) is 12.8 Å². The van der Waals surface area contributed by atoms with Crippen LogP contribution < -0.4 is 0 Å². The summed E-state index contributed by atoms with van der Waals surface area (Å²) in [6, 6.07) is 0. The SMILES string of the molecule is CCCCC([C]=O)CCC. The van der Waals surface area contributed by atoms with Crippen molar-refractivity contribution in [1.29, 1.82) is 0 Å². The van der Waals surface area contributed by atoms with Gasteiger partial charge in [0.25, 0.3) is 0 Å². The van der Waals surface area contributed by atoms with E-state index in [9.17, 15) is 4.79 Å². The Hall–Kier alpha value is -0.330. The number of hydrogen-bond acceptors (Lipinski definition) is 1. The van der Waals surface area contributed by atoms with Crippen molar-refractivity contribution in [2.24, 2.45) is 5.92 Å².